The number of hydrogen-bond acceptors (Lipinski definition) is 6. The molecular weight excluding hydrogens is 334 g/mol. The Morgan fingerprint density at radius 3 is 2.68 bits per heavy atom. The molecule has 4 aromatic rings. The number of rotatable bonds is 3. The number of aromatic nitrogens is 4. The van der Waals surface area contributed by atoms with Crippen LogP contribution in [0.3, 0.4) is 0 Å². The summed E-state index contributed by atoms with van der Waals surface area (Å²) in [7, 11) is 0. The second-order valence-electron chi connectivity index (χ2n) is 5.39. The lowest BCUT2D eigenvalue weighted by atomic mass is 10.1. The molecule has 0 fully saturated rings. The number of amides is 1. The van der Waals surface area contributed by atoms with Crippen molar-refractivity contribution in [3.63, 3.8) is 0 Å². The van der Waals surface area contributed by atoms with Gasteiger partial charge in [-0.15, -0.1) is 11.3 Å². The number of nitrogens with zero attached hydrogens (tertiary/aromatic N) is 4. The molecule has 1 aromatic carbocycles. The summed E-state index contributed by atoms with van der Waals surface area (Å²) in [5.74, 6) is 0.240. The molecule has 0 saturated carbocycles. The fourth-order valence-electron chi connectivity index (χ4n) is 2.50. The van der Waals surface area contributed by atoms with Crippen molar-refractivity contribution in [1.82, 2.24) is 19.9 Å². The number of fused-ring (bicyclic) bond motifs is 1. The lowest BCUT2D eigenvalue weighted by Gasteiger charge is -2.09. The van der Waals surface area contributed by atoms with E-state index in [4.69, 9.17) is 0 Å². The Balaban J connectivity index is 1.63. The van der Waals surface area contributed by atoms with Gasteiger partial charge >= 0.3 is 0 Å². The highest BCUT2D eigenvalue weighted by Crippen LogP contribution is 2.26. The molecule has 0 atom stereocenters. The lowest BCUT2D eigenvalue weighted by Crippen LogP contribution is -2.12. The summed E-state index contributed by atoms with van der Waals surface area (Å²) in [6, 6.07) is 9.35. The Morgan fingerprint density at radius 1 is 1.04 bits per heavy atom. The van der Waals surface area contributed by atoms with E-state index in [0.29, 0.717) is 22.2 Å². The summed E-state index contributed by atoms with van der Waals surface area (Å²) in [6.45, 7) is 1.99. The largest absolute Gasteiger partial charge is 0.320 e. The van der Waals surface area contributed by atoms with Crippen molar-refractivity contribution in [1.29, 1.82) is 0 Å². The summed E-state index contributed by atoms with van der Waals surface area (Å²) in [5, 5.41) is 6.13. The number of carbonyl (C=O) groups excluding carboxylic acids is 1. The van der Waals surface area contributed by atoms with Gasteiger partial charge in [0, 0.05) is 29.4 Å². The number of hydrogen-bond donors (Lipinski definition) is 1. The minimum atomic E-state index is -0.271. The van der Waals surface area contributed by atoms with Gasteiger partial charge in [0.25, 0.3) is 5.91 Å². The van der Waals surface area contributed by atoms with Gasteiger partial charge in [0.2, 0.25) is 0 Å². The van der Waals surface area contributed by atoms with Crippen LogP contribution in [0.1, 0.15) is 16.1 Å². The fraction of sp³-hybridized carbons (Fsp3) is 0.0556. The third-order valence-corrected chi connectivity index (χ3v) is 4.55. The van der Waals surface area contributed by atoms with Crippen molar-refractivity contribution in [2.75, 3.05) is 5.32 Å². The first-order valence-electron chi connectivity index (χ1n) is 7.61. The van der Waals surface area contributed by atoms with E-state index in [2.05, 4.69) is 25.3 Å². The van der Waals surface area contributed by atoms with Gasteiger partial charge in [0.1, 0.15) is 5.69 Å². The van der Waals surface area contributed by atoms with E-state index in [1.807, 2.05) is 31.2 Å². The van der Waals surface area contributed by atoms with Gasteiger partial charge < -0.3 is 5.32 Å². The number of anilines is 1. The minimum Gasteiger partial charge on any atom is -0.320 e. The van der Waals surface area contributed by atoms with Crippen LogP contribution in [0.5, 0.6) is 0 Å². The van der Waals surface area contributed by atoms with E-state index in [-0.39, 0.29) is 5.91 Å². The number of nitrogens with one attached hydrogen (secondary N) is 1. The van der Waals surface area contributed by atoms with Crippen molar-refractivity contribution >= 4 is 33.8 Å². The third-order valence-electron chi connectivity index (χ3n) is 3.71. The monoisotopic (exact) mass is 347 g/mol. The molecule has 25 heavy (non-hydrogen) atoms. The number of carbonyl (C=O) groups is 1. The van der Waals surface area contributed by atoms with Crippen molar-refractivity contribution < 1.29 is 4.79 Å². The first-order valence-corrected chi connectivity index (χ1v) is 8.49. The SMILES string of the molecule is Cc1ccc(NC(=O)c2csc(-c3ncccn3)n2)c2cccnc12. The quantitative estimate of drug-likeness (QED) is 0.611. The van der Waals surface area contributed by atoms with Gasteiger partial charge in [-0.2, -0.15) is 0 Å². The summed E-state index contributed by atoms with van der Waals surface area (Å²) in [5.41, 5.74) is 2.98. The predicted octanol–water partition coefficient (Wildman–Crippen LogP) is 3.71. The minimum absolute atomic E-state index is 0.271. The Labute approximate surface area is 147 Å². The summed E-state index contributed by atoms with van der Waals surface area (Å²) >= 11 is 1.34. The topological polar surface area (TPSA) is 80.7 Å². The van der Waals surface area contributed by atoms with Crippen molar-refractivity contribution in [3.05, 3.63) is 65.6 Å². The Kier molecular flexibility index (Phi) is 3.91. The standard InChI is InChI=1S/C18H13N5OS/c1-11-5-6-13(12-4-2-7-19-15(11)12)22-17(24)14-10-25-18(23-14)16-20-8-3-9-21-16/h2-10H,1H3,(H,22,24). The van der Waals surface area contributed by atoms with E-state index in [0.717, 1.165) is 16.5 Å². The van der Waals surface area contributed by atoms with E-state index in [1.54, 1.807) is 30.0 Å². The van der Waals surface area contributed by atoms with Crippen LogP contribution in [0.25, 0.3) is 21.7 Å². The van der Waals surface area contributed by atoms with Crippen LogP contribution in [0, 0.1) is 6.92 Å². The highest BCUT2D eigenvalue weighted by molar-refractivity contribution is 7.13. The first-order chi connectivity index (χ1) is 12.2. The molecule has 0 saturated heterocycles. The second-order valence-corrected chi connectivity index (χ2v) is 6.25. The molecule has 122 valence electrons. The van der Waals surface area contributed by atoms with E-state index in [9.17, 15) is 4.79 Å². The summed E-state index contributed by atoms with van der Waals surface area (Å²) in [4.78, 5) is 29.6. The van der Waals surface area contributed by atoms with Gasteiger partial charge in [-0.1, -0.05) is 6.07 Å². The molecule has 1 N–H and O–H groups in total. The van der Waals surface area contributed by atoms with Gasteiger partial charge in [0.15, 0.2) is 10.8 Å². The molecule has 3 heterocycles. The maximum Gasteiger partial charge on any atom is 0.275 e. The maximum atomic E-state index is 12.6. The molecule has 1 amide bonds. The van der Waals surface area contributed by atoms with E-state index in [1.165, 1.54) is 11.3 Å². The molecule has 6 nitrogen and oxygen atoms in total. The smallest absolute Gasteiger partial charge is 0.275 e. The van der Waals surface area contributed by atoms with Crippen LogP contribution in [0.15, 0.2) is 54.3 Å². The molecule has 0 radical (unpaired) electrons. The lowest BCUT2D eigenvalue weighted by molar-refractivity contribution is 0.102. The Morgan fingerprint density at radius 2 is 1.84 bits per heavy atom. The normalized spacial score (nSPS) is 10.8. The predicted molar refractivity (Wildman–Crippen MR) is 97.6 cm³/mol. The van der Waals surface area contributed by atoms with Crippen LogP contribution in [0.4, 0.5) is 5.69 Å². The van der Waals surface area contributed by atoms with Crippen molar-refractivity contribution in [2.24, 2.45) is 0 Å². The van der Waals surface area contributed by atoms with Gasteiger partial charge in [-0.05, 0) is 36.8 Å². The molecule has 4 rings (SSSR count). The average molecular weight is 347 g/mol. The second kappa shape index (κ2) is 6.37. The molecule has 0 spiro atoms. The molecule has 0 aliphatic heterocycles. The third kappa shape index (κ3) is 2.97. The van der Waals surface area contributed by atoms with Gasteiger partial charge in [-0.25, -0.2) is 15.0 Å². The molecule has 0 unspecified atom stereocenters. The van der Waals surface area contributed by atoms with Crippen LogP contribution in [0.2, 0.25) is 0 Å². The Hall–Kier alpha value is -3.19. The van der Waals surface area contributed by atoms with Crippen LogP contribution < -0.4 is 5.32 Å². The molecule has 0 aliphatic carbocycles. The fourth-order valence-corrected chi connectivity index (χ4v) is 3.24. The molecular formula is C18H13N5OS. The summed E-state index contributed by atoms with van der Waals surface area (Å²) < 4.78 is 0. The average Bonchev–Trinajstić information content (AvgIpc) is 3.15. The Bertz CT molecular complexity index is 1060. The number of aryl methyl sites for hydroxylation is 1. The van der Waals surface area contributed by atoms with Crippen LogP contribution in [-0.4, -0.2) is 25.8 Å². The highest BCUT2D eigenvalue weighted by Gasteiger charge is 2.15. The highest BCUT2D eigenvalue weighted by atomic mass is 32.1. The number of thiazole rings is 1. The zero-order chi connectivity index (χ0) is 17.2. The number of benzene rings is 1. The van der Waals surface area contributed by atoms with Crippen LogP contribution >= 0.6 is 11.3 Å². The number of pyridine rings is 1. The molecule has 3 aromatic heterocycles. The van der Waals surface area contributed by atoms with E-state index >= 15 is 0 Å². The molecule has 7 heteroatoms. The molecule has 0 bridgehead atoms. The summed E-state index contributed by atoms with van der Waals surface area (Å²) in [6.07, 6.45) is 5.04. The zero-order valence-corrected chi connectivity index (χ0v) is 14.1. The van der Waals surface area contributed by atoms with Crippen LogP contribution in [-0.2, 0) is 0 Å². The van der Waals surface area contributed by atoms with E-state index < -0.39 is 0 Å². The maximum absolute atomic E-state index is 12.6. The van der Waals surface area contributed by atoms with Crippen molar-refractivity contribution in [2.45, 2.75) is 6.92 Å². The van der Waals surface area contributed by atoms with Crippen molar-refractivity contribution in [3.8, 4) is 10.8 Å². The van der Waals surface area contributed by atoms with Gasteiger partial charge in [-0.3, -0.25) is 9.78 Å². The van der Waals surface area contributed by atoms with Gasteiger partial charge in [0.05, 0.1) is 11.2 Å². The zero-order valence-electron chi connectivity index (χ0n) is 13.3. The molecule has 0 aliphatic rings. The first kappa shape index (κ1) is 15.3.